The summed E-state index contributed by atoms with van der Waals surface area (Å²) in [6, 6.07) is 8.36. The Kier molecular flexibility index (Phi) is 3.59. The van der Waals surface area contributed by atoms with Gasteiger partial charge in [-0.1, -0.05) is 19.1 Å². The molecule has 1 aromatic heterocycles. The van der Waals surface area contributed by atoms with Gasteiger partial charge < -0.3 is 5.32 Å². The molecule has 0 atom stereocenters. The molecule has 3 nitrogen and oxygen atoms in total. The van der Waals surface area contributed by atoms with Gasteiger partial charge in [-0.25, -0.2) is 4.68 Å². The van der Waals surface area contributed by atoms with Crippen molar-refractivity contribution in [2.75, 3.05) is 6.54 Å². The fraction of sp³-hybridized carbons (Fsp3) is 0.357. The molecule has 0 saturated carbocycles. The van der Waals surface area contributed by atoms with Crippen molar-refractivity contribution >= 4 is 0 Å². The highest BCUT2D eigenvalue weighted by molar-refractivity contribution is 5.44. The van der Waals surface area contributed by atoms with Gasteiger partial charge in [-0.15, -0.1) is 0 Å². The molecule has 0 radical (unpaired) electrons. The molecule has 2 rings (SSSR count). The van der Waals surface area contributed by atoms with Crippen molar-refractivity contribution < 1.29 is 0 Å². The van der Waals surface area contributed by atoms with Crippen LogP contribution in [0.4, 0.5) is 0 Å². The summed E-state index contributed by atoms with van der Waals surface area (Å²) >= 11 is 0. The highest BCUT2D eigenvalue weighted by Crippen LogP contribution is 2.16. The summed E-state index contributed by atoms with van der Waals surface area (Å²) in [7, 11) is 0. The van der Waals surface area contributed by atoms with Gasteiger partial charge in [0.25, 0.3) is 0 Å². The summed E-state index contributed by atoms with van der Waals surface area (Å²) in [5.74, 6) is 0. The van der Waals surface area contributed by atoms with Gasteiger partial charge in [0.05, 0.1) is 11.4 Å². The molecule has 3 heteroatoms. The predicted molar refractivity (Wildman–Crippen MR) is 70.4 cm³/mol. The lowest BCUT2D eigenvalue weighted by Gasteiger charge is -2.08. The second-order valence-electron chi connectivity index (χ2n) is 4.25. The number of hydrogen-bond acceptors (Lipinski definition) is 2. The minimum Gasteiger partial charge on any atom is -0.311 e. The van der Waals surface area contributed by atoms with Gasteiger partial charge in [0.15, 0.2) is 0 Å². The minimum absolute atomic E-state index is 0.828. The molecule has 0 saturated heterocycles. The summed E-state index contributed by atoms with van der Waals surface area (Å²) in [4.78, 5) is 0. The van der Waals surface area contributed by atoms with Crippen LogP contribution in [0.15, 0.2) is 30.5 Å². The Labute approximate surface area is 102 Å². The third-order valence-corrected chi connectivity index (χ3v) is 3.02. The van der Waals surface area contributed by atoms with Crippen LogP contribution in [0.5, 0.6) is 0 Å². The first kappa shape index (κ1) is 11.9. The minimum atomic E-state index is 0.828. The second kappa shape index (κ2) is 5.15. The SMILES string of the molecule is CCNCc1ccn(-c2cccc(C)c2C)n1. The second-order valence-corrected chi connectivity index (χ2v) is 4.25. The number of rotatable bonds is 4. The van der Waals surface area contributed by atoms with Crippen LogP contribution in [0.25, 0.3) is 5.69 Å². The predicted octanol–water partition coefficient (Wildman–Crippen LogP) is 2.60. The molecule has 0 aliphatic heterocycles. The summed E-state index contributed by atoms with van der Waals surface area (Å²) < 4.78 is 1.95. The number of nitrogens with one attached hydrogen (secondary N) is 1. The van der Waals surface area contributed by atoms with Crippen molar-refractivity contribution in [1.82, 2.24) is 15.1 Å². The summed E-state index contributed by atoms with van der Waals surface area (Å²) in [5.41, 5.74) is 4.82. The third kappa shape index (κ3) is 2.56. The first-order valence-electron chi connectivity index (χ1n) is 6.04. The molecule has 0 fully saturated rings. The van der Waals surface area contributed by atoms with Crippen LogP contribution in [0.1, 0.15) is 23.7 Å². The summed E-state index contributed by atoms with van der Waals surface area (Å²) in [6.45, 7) is 8.16. The largest absolute Gasteiger partial charge is 0.311 e. The zero-order chi connectivity index (χ0) is 12.3. The molecule has 1 aromatic carbocycles. The monoisotopic (exact) mass is 229 g/mol. The fourth-order valence-corrected chi connectivity index (χ4v) is 1.83. The Morgan fingerprint density at radius 3 is 2.82 bits per heavy atom. The molecule has 0 bridgehead atoms. The third-order valence-electron chi connectivity index (χ3n) is 3.02. The van der Waals surface area contributed by atoms with E-state index in [1.807, 2.05) is 10.9 Å². The number of benzene rings is 1. The number of aromatic nitrogens is 2. The van der Waals surface area contributed by atoms with Crippen LogP contribution in [0, 0.1) is 13.8 Å². The normalized spacial score (nSPS) is 10.8. The molecule has 2 aromatic rings. The Morgan fingerprint density at radius 2 is 2.06 bits per heavy atom. The lowest BCUT2D eigenvalue weighted by atomic mass is 10.1. The maximum Gasteiger partial charge on any atom is 0.0766 e. The van der Waals surface area contributed by atoms with Gasteiger partial charge in [0.1, 0.15) is 0 Å². The molecule has 1 heterocycles. The standard InChI is InChI=1S/C14H19N3/c1-4-15-10-13-8-9-17(16-13)14-7-5-6-11(2)12(14)3/h5-9,15H,4,10H2,1-3H3. The maximum absolute atomic E-state index is 4.57. The van der Waals surface area contributed by atoms with Crippen LogP contribution in [0.3, 0.4) is 0 Å². The van der Waals surface area contributed by atoms with Gasteiger partial charge in [-0.2, -0.15) is 5.10 Å². The van der Waals surface area contributed by atoms with Crippen molar-refractivity contribution in [2.45, 2.75) is 27.3 Å². The number of aryl methyl sites for hydroxylation is 1. The highest BCUT2D eigenvalue weighted by atomic mass is 15.3. The Bertz CT molecular complexity index is 500. The Balaban J connectivity index is 2.27. The van der Waals surface area contributed by atoms with Gasteiger partial charge in [-0.05, 0) is 43.7 Å². The first-order chi connectivity index (χ1) is 8.22. The maximum atomic E-state index is 4.57. The van der Waals surface area contributed by atoms with Crippen molar-refractivity contribution in [3.05, 3.63) is 47.3 Å². The summed E-state index contributed by atoms with van der Waals surface area (Å²) in [6.07, 6.45) is 2.02. The van der Waals surface area contributed by atoms with E-state index in [0.29, 0.717) is 0 Å². The molecular weight excluding hydrogens is 210 g/mol. The molecular formula is C14H19N3. The topological polar surface area (TPSA) is 29.9 Å². The average Bonchev–Trinajstić information content (AvgIpc) is 2.78. The molecule has 0 aliphatic carbocycles. The highest BCUT2D eigenvalue weighted by Gasteiger charge is 2.04. The molecule has 0 aliphatic rings. The number of hydrogen-bond donors (Lipinski definition) is 1. The lowest BCUT2D eigenvalue weighted by Crippen LogP contribution is -2.12. The molecule has 0 spiro atoms. The molecule has 1 N–H and O–H groups in total. The van der Waals surface area contributed by atoms with E-state index < -0.39 is 0 Å². The van der Waals surface area contributed by atoms with E-state index in [2.05, 4.69) is 55.5 Å². The average molecular weight is 229 g/mol. The van der Waals surface area contributed by atoms with E-state index in [1.54, 1.807) is 0 Å². The van der Waals surface area contributed by atoms with E-state index in [1.165, 1.54) is 11.1 Å². The van der Waals surface area contributed by atoms with Crippen LogP contribution in [-0.4, -0.2) is 16.3 Å². The van der Waals surface area contributed by atoms with Crippen LogP contribution >= 0.6 is 0 Å². The molecule has 17 heavy (non-hydrogen) atoms. The zero-order valence-corrected chi connectivity index (χ0v) is 10.7. The van der Waals surface area contributed by atoms with Crippen molar-refractivity contribution in [2.24, 2.45) is 0 Å². The van der Waals surface area contributed by atoms with Crippen molar-refractivity contribution in [3.63, 3.8) is 0 Å². The van der Waals surface area contributed by atoms with Gasteiger partial charge in [-0.3, -0.25) is 0 Å². The van der Waals surface area contributed by atoms with Gasteiger partial charge >= 0.3 is 0 Å². The van der Waals surface area contributed by atoms with E-state index in [9.17, 15) is 0 Å². The molecule has 90 valence electrons. The zero-order valence-electron chi connectivity index (χ0n) is 10.7. The van der Waals surface area contributed by atoms with Crippen molar-refractivity contribution in [1.29, 1.82) is 0 Å². The lowest BCUT2D eigenvalue weighted by molar-refractivity contribution is 0.696. The fourth-order valence-electron chi connectivity index (χ4n) is 1.83. The Hall–Kier alpha value is -1.61. The number of nitrogens with zero attached hydrogens (tertiary/aromatic N) is 2. The van der Waals surface area contributed by atoms with Crippen LogP contribution in [0.2, 0.25) is 0 Å². The van der Waals surface area contributed by atoms with E-state index >= 15 is 0 Å². The smallest absolute Gasteiger partial charge is 0.0766 e. The van der Waals surface area contributed by atoms with E-state index in [4.69, 9.17) is 0 Å². The first-order valence-corrected chi connectivity index (χ1v) is 6.04. The summed E-state index contributed by atoms with van der Waals surface area (Å²) in [5, 5.41) is 7.85. The van der Waals surface area contributed by atoms with Crippen molar-refractivity contribution in [3.8, 4) is 5.69 Å². The van der Waals surface area contributed by atoms with E-state index in [-0.39, 0.29) is 0 Å². The van der Waals surface area contributed by atoms with Gasteiger partial charge in [0, 0.05) is 12.7 Å². The quantitative estimate of drug-likeness (QED) is 0.873. The van der Waals surface area contributed by atoms with E-state index in [0.717, 1.165) is 24.5 Å². The van der Waals surface area contributed by atoms with Crippen LogP contribution in [-0.2, 0) is 6.54 Å². The van der Waals surface area contributed by atoms with Gasteiger partial charge in [0.2, 0.25) is 0 Å². The molecule has 0 amide bonds. The molecule has 0 unspecified atom stereocenters. The van der Waals surface area contributed by atoms with Crippen LogP contribution < -0.4 is 5.32 Å². The Morgan fingerprint density at radius 1 is 1.24 bits per heavy atom.